The molecule has 1 saturated carbocycles. The molecule has 0 aromatic heterocycles. The van der Waals surface area contributed by atoms with Crippen molar-refractivity contribution in [3.05, 3.63) is 64.5 Å². The number of carboxylic acid groups (broad SMARTS) is 1. The predicted molar refractivity (Wildman–Crippen MR) is 131 cm³/mol. The Bertz CT molecular complexity index is 1220. The molecule has 3 N–H and O–H groups in total. The molecule has 0 bridgehead atoms. The Labute approximate surface area is 204 Å². The van der Waals surface area contributed by atoms with Crippen molar-refractivity contribution in [2.24, 2.45) is 5.92 Å². The van der Waals surface area contributed by atoms with Gasteiger partial charge in [0.25, 0.3) is 5.91 Å². The molecule has 1 aliphatic heterocycles. The number of rotatable bonds is 8. The molecule has 182 valence electrons. The van der Waals surface area contributed by atoms with Crippen LogP contribution < -0.4 is 15.4 Å². The second kappa shape index (κ2) is 9.79. The highest BCUT2D eigenvalue weighted by Crippen LogP contribution is 2.61. The summed E-state index contributed by atoms with van der Waals surface area (Å²) in [6, 6.07) is 10.5. The molecule has 2 aliphatic rings. The molecule has 35 heavy (non-hydrogen) atoms. The van der Waals surface area contributed by atoms with E-state index in [1.54, 1.807) is 30.3 Å². The maximum absolute atomic E-state index is 13.4. The van der Waals surface area contributed by atoms with Crippen molar-refractivity contribution < 1.29 is 24.2 Å². The summed E-state index contributed by atoms with van der Waals surface area (Å²) in [6.07, 6.45) is 2.30. The van der Waals surface area contributed by atoms with Crippen molar-refractivity contribution in [2.75, 3.05) is 11.9 Å². The van der Waals surface area contributed by atoms with Crippen LogP contribution in [0, 0.1) is 12.5 Å². The zero-order chi connectivity index (χ0) is 25.2. The summed E-state index contributed by atoms with van der Waals surface area (Å²) in [5, 5.41) is 14.8. The summed E-state index contributed by atoms with van der Waals surface area (Å²) in [6.45, 7) is 11.6. The van der Waals surface area contributed by atoms with Gasteiger partial charge in [-0.1, -0.05) is 12.1 Å². The number of hydrogen-bond acceptors (Lipinski definition) is 4. The fraction of sp³-hybridized carbons (Fsp3) is 0.407. The Morgan fingerprint density at radius 3 is 2.74 bits per heavy atom. The predicted octanol–water partition coefficient (Wildman–Crippen LogP) is 4.46. The van der Waals surface area contributed by atoms with Crippen LogP contribution in [0.3, 0.4) is 0 Å². The van der Waals surface area contributed by atoms with Gasteiger partial charge >= 0.3 is 5.97 Å². The molecule has 1 aliphatic carbocycles. The molecule has 1 spiro atoms. The van der Waals surface area contributed by atoms with E-state index in [2.05, 4.69) is 15.5 Å². The van der Waals surface area contributed by atoms with Crippen LogP contribution in [-0.2, 0) is 21.4 Å². The molecule has 1 heterocycles. The van der Waals surface area contributed by atoms with E-state index in [0.717, 1.165) is 11.1 Å². The Morgan fingerprint density at radius 2 is 2.03 bits per heavy atom. The highest BCUT2D eigenvalue weighted by molar-refractivity contribution is 5.98. The van der Waals surface area contributed by atoms with Gasteiger partial charge < -0.3 is 20.5 Å². The fourth-order valence-electron chi connectivity index (χ4n) is 4.85. The van der Waals surface area contributed by atoms with E-state index in [9.17, 15) is 14.4 Å². The van der Waals surface area contributed by atoms with E-state index in [1.165, 1.54) is 0 Å². The number of nitrogens with zero attached hydrogens (tertiary/aromatic N) is 1. The number of aryl methyl sites for hydroxylation is 1. The number of carboxylic acids is 1. The summed E-state index contributed by atoms with van der Waals surface area (Å²) in [4.78, 5) is 40.3. The minimum absolute atomic E-state index is 0.0131. The number of amides is 2. The minimum Gasteiger partial charge on any atom is -0.493 e. The van der Waals surface area contributed by atoms with Crippen LogP contribution in [0.1, 0.15) is 61.0 Å². The van der Waals surface area contributed by atoms with Crippen molar-refractivity contribution in [3.63, 3.8) is 0 Å². The Morgan fingerprint density at radius 1 is 1.23 bits per heavy atom. The smallest absolute Gasteiger partial charge is 0.303 e. The second-order valence-corrected chi connectivity index (χ2v) is 9.54. The van der Waals surface area contributed by atoms with Gasteiger partial charge in [-0.05, 0) is 69.4 Å². The molecular formula is C27H29N3O5. The normalized spacial score (nSPS) is 19.9. The van der Waals surface area contributed by atoms with E-state index in [4.69, 9.17) is 16.4 Å². The molecule has 2 atom stereocenters. The lowest BCUT2D eigenvalue weighted by atomic mass is 9.86. The molecular weight excluding hydrogens is 446 g/mol. The van der Waals surface area contributed by atoms with Gasteiger partial charge in [0.1, 0.15) is 5.75 Å². The van der Waals surface area contributed by atoms with Crippen LogP contribution in [0.4, 0.5) is 11.4 Å². The average Bonchev–Trinajstić information content (AvgIpc) is 3.54. The summed E-state index contributed by atoms with van der Waals surface area (Å²) in [5.74, 6) is -0.745. The van der Waals surface area contributed by atoms with Gasteiger partial charge in [-0.15, -0.1) is 0 Å². The van der Waals surface area contributed by atoms with Gasteiger partial charge in [-0.3, -0.25) is 14.4 Å². The monoisotopic (exact) mass is 475 g/mol. The van der Waals surface area contributed by atoms with Gasteiger partial charge in [0.15, 0.2) is 5.69 Å². The van der Waals surface area contributed by atoms with Crippen molar-refractivity contribution in [3.8, 4) is 5.75 Å². The number of anilines is 1. The molecule has 0 unspecified atom stereocenters. The van der Waals surface area contributed by atoms with Crippen LogP contribution in [0.15, 0.2) is 36.4 Å². The van der Waals surface area contributed by atoms with Crippen LogP contribution >= 0.6 is 0 Å². The average molecular weight is 476 g/mol. The van der Waals surface area contributed by atoms with E-state index in [0.29, 0.717) is 55.0 Å². The largest absolute Gasteiger partial charge is 0.493 e. The second-order valence-electron chi connectivity index (χ2n) is 9.54. The van der Waals surface area contributed by atoms with E-state index in [1.807, 2.05) is 19.9 Å². The number of fused-ring (bicyclic) bond motifs is 2. The van der Waals surface area contributed by atoms with Crippen molar-refractivity contribution >= 4 is 29.2 Å². The summed E-state index contributed by atoms with van der Waals surface area (Å²) in [7, 11) is 0. The van der Waals surface area contributed by atoms with Gasteiger partial charge in [0.05, 0.1) is 13.2 Å². The molecule has 1 fully saturated rings. The lowest BCUT2D eigenvalue weighted by Gasteiger charge is -2.27. The molecule has 0 radical (unpaired) electrons. The maximum atomic E-state index is 13.4. The Kier molecular flexibility index (Phi) is 6.79. The van der Waals surface area contributed by atoms with Crippen LogP contribution in [-0.4, -0.2) is 35.5 Å². The maximum Gasteiger partial charge on any atom is 0.303 e. The first-order valence-corrected chi connectivity index (χ1v) is 11.8. The topological polar surface area (TPSA) is 109 Å². The highest BCUT2D eigenvalue weighted by Gasteiger charge is 2.61. The van der Waals surface area contributed by atoms with E-state index in [-0.39, 0.29) is 35.6 Å². The molecule has 2 amide bonds. The first-order chi connectivity index (χ1) is 16.7. The number of carbonyl (C=O) groups is 3. The van der Waals surface area contributed by atoms with Crippen LogP contribution in [0.2, 0.25) is 0 Å². The number of ether oxygens (including phenoxy) is 1. The molecule has 2 aromatic rings. The van der Waals surface area contributed by atoms with Crippen molar-refractivity contribution in [1.29, 1.82) is 0 Å². The molecule has 2 aromatic carbocycles. The summed E-state index contributed by atoms with van der Waals surface area (Å²) < 4.78 is 5.83. The third kappa shape index (κ3) is 5.14. The lowest BCUT2D eigenvalue weighted by Crippen LogP contribution is -2.31. The third-order valence-electron chi connectivity index (χ3n) is 6.71. The van der Waals surface area contributed by atoms with Crippen LogP contribution in [0.25, 0.3) is 4.85 Å². The Balaban J connectivity index is 1.55. The first kappa shape index (κ1) is 24.3. The number of nitrogens with one attached hydrogen (secondary N) is 2. The van der Waals surface area contributed by atoms with Crippen LogP contribution in [0.5, 0.6) is 5.75 Å². The molecule has 4 rings (SSSR count). The molecule has 8 nitrogen and oxygen atoms in total. The van der Waals surface area contributed by atoms with Gasteiger partial charge in [0.2, 0.25) is 5.91 Å². The molecule has 0 saturated heterocycles. The SMILES string of the molecule is [C-]#[N+]c1ccc(CCCC(=O)O)c(NC(=O)[C@@H]2C[C@]23CCOc2ccc(C(=O)NC(C)C)cc23)c1. The number of aliphatic carboxylic acids is 1. The van der Waals surface area contributed by atoms with Gasteiger partial charge in [-0.2, -0.15) is 0 Å². The van der Waals surface area contributed by atoms with Gasteiger partial charge in [-0.25, -0.2) is 4.85 Å². The first-order valence-electron chi connectivity index (χ1n) is 11.8. The quantitative estimate of drug-likeness (QED) is 0.489. The molecule has 8 heteroatoms. The van der Waals surface area contributed by atoms with Crippen molar-refractivity contribution in [2.45, 2.75) is 57.4 Å². The van der Waals surface area contributed by atoms with E-state index >= 15 is 0 Å². The standard InChI is InChI=1S/C27H29N3O5/c1-16(2)29-25(33)18-8-10-23-20(13-18)27(11-12-35-23)15-21(27)26(34)30-22-14-19(28-3)9-7-17(22)5-4-6-24(31)32/h7-10,13-14,16,21H,4-6,11-12,15H2,1-2H3,(H,29,33)(H,30,34)(H,31,32)/t21-,27-/m0/s1. The lowest BCUT2D eigenvalue weighted by molar-refractivity contribution is -0.137. The van der Waals surface area contributed by atoms with Gasteiger partial charge in [0, 0.05) is 40.6 Å². The third-order valence-corrected chi connectivity index (χ3v) is 6.71. The highest BCUT2D eigenvalue weighted by atomic mass is 16.5. The number of benzene rings is 2. The summed E-state index contributed by atoms with van der Waals surface area (Å²) >= 11 is 0. The Hall–Kier alpha value is -3.86. The number of hydrogen-bond donors (Lipinski definition) is 3. The zero-order valence-electron chi connectivity index (χ0n) is 19.9. The fourth-order valence-corrected chi connectivity index (χ4v) is 4.85. The van der Waals surface area contributed by atoms with Crippen molar-refractivity contribution in [1.82, 2.24) is 5.32 Å². The summed E-state index contributed by atoms with van der Waals surface area (Å²) in [5.41, 5.74) is 2.81. The van der Waals surface area contributed by atoms with E-state index < -0.39 is 5.97 Å². The zero-order valence-corrected chi connectivity index (χ0v) is 19.9. The number of carbonyl (C=O) groups excluding carboxylic acids is 2. The minimum atomic E-state index is -0.868.